The van der Waals surface area contributed by atoms with Gasteiger partial charge in [0, 0.05) is 25.1 Å². The first-order chi connectivity index (χ1) is 9.22. The number of amides is 1. The molecule has 1 amide bonds. The fourth-order valence-electron chi connectivity index (χ4n) is 2.11. The molecule has 4 heteroatoms. The molecule has 0 unspecified atom stereocenters. The third kappa shape index (κ3) is 3.33. The van der Waals surface area contributed by atoms with E-state index in [9.17, 15) is 9.18 Å². The van der Waals surface area contributed by atoms with Crippen LogP contribution >= 0.6 is 0 Å². The van der Waals surface area contributed by atoms with E-state index in [4.69, 9.17) is 5.11 Å². The van der Waals surface area contributed by atoms with Crippen LogP contribution in [-0.4, -0.2) is 35.6 Å². The lowest BCUT2D eigenvalue weighted by Gasteiger charge is -2.16. The molecule has 1 aliphatic rings. The first kappa shape index (κ1) is 13.6. The van der Waals surface area contributed by atoms with Gasteiger partial charge in [-0.1, -0.05) is 11.8 Å². The molecule has 1 aromatic rings. The van der Waals surface area contributed by atoms with E-state index in [1.54, 1.807) is 4.90 Å². The second-order valence-electron chi connectivity index (χ2n) is 4.46. The number of aliphatic hydroxyl groups excluding tert-OH is 1. The minimum atomic E-state index is -0.435. The summed E-state index contributed by atoms with van der Waals surface area (Å²) in [5, 5.41) is 8.70. The van der Waals surface area contributed by atoms with E-state index in [0.29, 0.717) is 17.5 Å². The number of likely N-dealkylation sites (tertiary alicyclic amines) is 1. The number of hydrogen-bond donors (Lipinski definition) is 1. The maximum Gasteiger partial charge on any atom is 0.255 e. The lowest BCUT2D eigenvalue weighted by Crippen LogP contribution is -2.28. The molecule has 0 saturated carbocycles. The summed E-state index contributed by atoms with van der Waals surface area (Å²) >= 11 is 0. The van der Waals surface area contributed by atoms with E-state index in [2.05, 4.69) is 11.8 Å². The molecule has 0 radical (unpaired) electrons. The van der Waals surface area contributed by atoms with Gasteiger partial charge < -0.3 is 10.0 Å². The van der Waals surface area contributed by atoms with E-state index in [-0.39, 0.29) is 12.5 Å². The lowest BCUT2D eigenvalue weighted by atomic mass is 10.1. The fraction of sp³-hybridized carbons (Fsp3) is 0.400. The molecule has 0 atom stereocenters. The van der Waals surface area contributed by atoms with Gasteiger partial charge in [-0.25, -0.2) is 4.39 Å². The highest BCUT2D eigenvalue weighted by Crippen LogP contribution is 2.17. The Bertz CT molecular complexity index is 525. The zero-order valence-electron chi connectivity index (χ0n) is 10.7. The van der Waals surface area contributed by atoms with Gasteiger partial charge in [0.25, 0.3) is 5.91 Å². The van der Waals surface area contributed by atoms with Crippen molar-refractivity contribution in [3.05, 3.63) is 35.1 Å². The quantitative estimate of drug-likeness (QED) is 0.825. The topological polar surface area (TPSA) is 40.5 Å². The second kappa shape index (κ2) is 6.35. The van der Waals surface area contributed by atoms with Crippen molar-refractivity contribution < 1.29 is 14.3 Å². The zero-order chi connectivity index (χ0) is 13.7. The molecule has 2 rings (SSSR count). The summed E-state index contributed by atoms with van der Waals surface area (Å²) in [4.78, 5) is 14.0. The summed E-state index contributed by atoms with van der Waals surface area (Å²) < 4.78 is 13.3. The van der Waals surface area contributed by atoms with Gasteiger partial charge in [-0.2, -0.15) is 0 Å². The van der Waals surface area contributed by atoms with Crippen LogP contribution < -0.4 is 0 Å². The van der Waals surface area contributed by atoms with E-state index in [1.165, 1.54) is 18.2 Å². The zero-order valence-corrected chi connectivity index (χ0v) is 10.7. The predicted octanol–water partition coefficient (Wildman–Crippen LogP) is 1.80. The van der Waals surface area contributed by atoms with Crippen molar-refractivity contribution >= 4 is 5.91 Å². The lowest BCUT2D eigenvalue weighted by molar-refractivity contribution is 0.0792. The average Bonchev–Trinajstić information content (AvgIpc) is 2.94. The second-order valence-corrected chi connectivity index (χ2v) is 4.46. The van der Waals surface area contributed by atoms with Gasteiger partial charge in [0.2, 0.25) is 0 Å². The highest BCUT2D eigenvalue weighted by atomic mass is 19.1. The van der Waals surface area contributed by atoms with E-state index in [0.717, 1.165) is 25.9 Å². The van der Waals surface area contributed by atoms with Gasteiger partial charge in [0.1, 0.15) is 5.82 Å². The standard InChI is InChI=1S/C15H16FNO2/c16-13-7-6-12(5-1-4-10-18)14(11-13)15(19)17-8-2-3-9-17/h6-7,11,18H,2-4,8-10H2. The molecule has 1 fully saturated rings. The number of nitrogens with zero attached hydrogens (tertiary/aromatic N) is 1. The monoisotopic (exact) mass is 261 g/mol. The van der Waals surface area contributed by atoms with Crippen LogP contribution in [0.2, 0.25) is 0 Å². The Balaban J connectivity index is 2.29. The first-order valence-corrected chi connectivity index (χ1v) is 6.41. The minimum absolute atomic E-state index is 0.0242. The molecule has 0 aliphatic carbocycles. The molecule has 100 valence electrons. The number of hydrogen-bond acceptors (Lipinski definition) is 2. The third-order valence-corrected chi connectivity index (χ3v) is 3.07. The van der Waals surface area contributed by atoms with Crippen LogP contribution in [0.25, 0.3) is 0 Å². The number of rotatable bonds is 2. The highest BCUT2D eigenvalue weighted by molar-refractivity contribution is 5.96. The maximum atomic E-state index is 13.3. The summed E-state index contributed by atoms with van der Waals surface area (Å²) in [7, 11) is 0. The molecular formula is C15H16FNO2. The Morgan fingerprint density at radius 3 is 2.79 bits per heavy atom. The number of aliphatic hydroxyl groups is 1. The number of carbonyl (C=O) groups is 1. The van der Waals surface area contributed by atoms with Crippen LogP contribution in [0.5, 0.6) is 0 Å². The van der Waals surface area contributed by atoms with Crippen molar-refractivity contribution in [3.63, 3.8) is 0 Å². The van der Waals surface area contributed by atoms with Crippen molar-refractivity contribution in [2.24, 2.45) is 0 Å². The minimum Gasteiger partial charge on any atom is -0.395 e. The normalized spacial score (nSPS) is 14.1. The van der Waals surface area contributed by atoms with Crippen LogP contribution in [0, 0.1) is 17.7 Å². The van der Waals surface area contributed by atoms with Gasteiger partial charge >= 0.3 is 0 Å². The van der Waals surface area contributed by atoms with Crippen molar-refractivity contribution in [3.8, 4) is 11.8 Å². The first-order valence-electron chi connectivity index (χ1n) is 6.41. The summed E-state index contributed by atoms with van der Waals surface area (Å²) in [5.74, 6) is 4.99. The van der Waals surface area contributed by atoms with Gasteiger partial charge in [0.05, 0.1) is 12.2 Å². The van der Waals surface area contributed by atoms with E-state index in [1.807, 2.05) is 0 Å². The molecule has 1 saturated heterocycles. The van der Waals surface area contributed by atoms with Crippen molar-refractivity contribution in [2.75, 3.05) is 19.7 Å². The van der Waals surface area contributed by atoms with Crippen molar-refractivity contribution in [2.45, 2.75) is 19.3 Å². The Morgan fingerprint density at radius 1 is 1.37 bits per heavy atom. The summed E-state index contributed by atoms with van der Waals surface area (Å²) in [6, 6.07) is 4.05. The smallest absolute Gasteiger partial charge is 0.255 e. The van der Waals surface area contributed by atoms with E-state index >= 15 is 0 Å². The van der Waals surface area contributed by atoms with Crippen LogP contribution in [0.15, 0.2) is 18.2 Å². The number of benzene rings is 1. The number of halogens is 1. The predicted molar refractivity (Wildman–Crippen MR) is 70.1 cm³/mol. The molecule has 1 aromatic carbocycles. The Morgan fingerprint density at radius 2 is 2.11 bits per heavy atom. The Labute approximate surface area is 112 Å². The Kier molecular flexibility index (Phi) is 4.53. The largest absolute Gasteiger partial charge is 0.395 e. The highest BCUT2D eigenvalue weighted by Gasteiger charge is 2.21. The molecule has 3 nitrogen and oxygen atoms in total. The molecule has 19 heavy (non-hydrogen) atoms. The third-order valence-electron chi connectivity index (χ3n) is 3.07. The molecule has 1 aliphatic heterocycles. The molecule has 1 heterocycles. The molecular weight excluding hydrogens is 245 g/mol. The van der Waals surface area contributed by atoms with Crippen molar-refractivity contribution in [1.29, 1.82) is 0 Å². The van der Waals surface area contributed by atoms with Gasteiger partial charge in [-0.15, -0.1) is 0 Å². The SMILES string of the molecule is O=C(c1cc(F)ccc1C#CCCO)N1CCCC1. The molecule has 0 aromatic heterocycles. The maximum absolute atomic E-state index is 13.3. The summed E-state index contributed by atoms with van der Waals surface area (Å²) in [6.45, 7) is 1.42. The molecule has 1 N–H and O–H groups in total. The van der Waals surface area contributed by atoms with E-state index < -0.39 is 5.82 Å². The van der Waals surface area contributed by atoms with Gasteiger partial charge in [-0.05, 0) is 31.0 Å². The van der Waals surface area contributed by atoms with Crippen LogP contribution in [0.1, 0.15) is 35.2 Å². The summed E-state index contributed by atoms with van der Waals surface area (Å²) in [6.07, 6.45) is 2.33. The average molecular weight is 261 g/mol. The van der Waals surface area contributed by atoms with Gasteiger partial charge in [-0.3, -0.25) is 4.79 Å². The van der Waals surface area contributed by atoms with Crippen LogP contribution in [0.4, 0.5) is 4.39 Å². The van der Waals surface area contributed by atoms with Crippen LogP contribution in [-0.2, 0) is 0 Å². The Hall–Kier alpha value is -1.86. The van der Waals surface area contributed by atoms with Gasteiger partial charge in [0.15, 0.2) is 0 Å². The van der Waals surface area contributed by atoms with Crippen molar-refractivity contribution in [1.82, 2.24) is 4.90 Å². The van der Waals surface area contributed by atoms with Crippen LogP contribution in [0.3, 0.4) is 0 Å². The fourth-order valence-corrected chi connectivity index (χ4v) is 2.11. The molecule has 0 bridgehead atoms. The molecule has 0 spiro atoms. The summed E-state index contributed by atoms with van der Waals surface area (Å²) in [5.41, 5.74) is 0.832. The number of carbonyl (C=O) groups excluding carboxylic acids is 1.